The largest absolute Gasteiger partial charge is 0.444 e. The lowest BCUT2D eigenvalue weighted by atomic mass is 10.2. The third-order valence-corrected chi connectivity index (χ3v) is 3.19. The van der Waals surface area contributed by atoms with Gasteiger partial charge in [0.25, 0.3) is 0 Å². The number of aromatic nitrogens is 1. The second-order valence-corrected chi connectivity index (χ2v) is 6.31. The first-order valence-electron chi connectivity index (χ1n) is 7.21. The Balaban J connectivity index is 1.91. The Morgan fingerprint density at radius 3 is 2.64 bits per heavy atom. The molecule has 7 nitrogen and oxygen atoms in total. The molecule has 2 amide bonds. The molecule has 7 heteroatoms. The number of carbonyl (C=O) groups excluding carboxylic acids is 2. The molecule has 1 aliphatic rings. The molecule has 22 heavy (non-hydrogen) atoms. The standard InChI is InChI=1S/C15H22N4O3/c1-15(2,3)22-14(21)19-7-6-18(13(20)10-19)9-11-4-5-12(16)17-8-11/h4-5,8H,6-7,9-10H2,1-3H3,(H2,16,17). The van der Waals surface area contributed by atoms with Crippen LogP contribution in [-0.4, -0.2) is 52.0 Å². The van der Waals surface area contributed by atoms with Crippen LogP contribution in [0.3, 0.4) is 0 Å². The van der Waals surface area contributed by atoms with Crippen molar-refractivity contribution in [2.75, 3.05) is 25.4 Å². The molecule has 0 spiro atoms. The Morgan fingerprint density at radius 2 is 2.09 bits per heavy atom. The van der Waals surface area contributed by atoms with E-state index in [1.807, 2.05) is 6.07 Å². The summed E-state index contributed by atoms with van der Waals surface area (Å²) in [6.45, 7) is 6.85. The predicted molar refractivity (Wildman–Crippen MR) is 81.9 cm³/mol. The van der Waals surface area contributed by atoms with Crippen LogP contribution in [0.25, 0.3) is 0 Å². The van der Waals surface area contributed by atoms with Crippen molar-refractivity contribution in [3.05, 3.63) is 23.9 Å². The highest BCUT2D eigenvalue weighted by Crippen LogP contribution is 2.14. The average Bonchev–Trinajstić information content (AvgIpc) is 2.41. The number of rotatable bonds is 2. The third-order valence-electron chi connectivity index (χ3n) is 3.19. The van der Waals surface area contributed by atoms with Gasteiger partial charge in [-0.05, 0) is 32.4 Å². The van der Waals surface area contributed by atoms with Crippen LogP contribution in [-0.2, 0) is 16.1 Å². The minimum Gasteiger partial charge on any atom is -0.444 e. The molecule has 0 aliphatic carbocycles. The number of ether oxygens (including phenoxy) is 1. The molecule has 0 saturated carbocycles. The van der Waals surface area contributed by atoms with Crippen molar-refractivity contribution in [1.29, 1.82) is 0 Å². The summed E-state index contributed by atoms with van der Waals surface area (Å²) < 4.78 is 5.28. The molecule has 1 aromatic rings. The van der Waals surface area contributed by atoms with Crippen molar-refractivity contribution in [2.24, 2.45) is 0 Å². The molecule has 0 atom stereocenters. The number of hydrogen-bond donors (Lipinski definition) is 1. The van der Waals surface area contributed by atoms with Crippen LogP contribution >= 0.6 is 0 Å². The molecular formula is C15H22N4O3. The first kappa shape index (κ1) is 16.1. The minimum absolute atomic E-state index is 0.0390. The van der Waals surface area contributed by atoms with E-state index in [2.05, 4.69) is 4.98 Å². The zero-order chi connectivity index (χ0) is 16.3. The van der Waals surface area contributed by atoms with Crippen molar-refractivity contribution in [2.45, 2.75) is 32.9 Å². The lowest BCUT2D eigenvalue weighted by molar-refractivity contribution is -0.136. The number of pyridine rings is 1. The van der Waals surface area contributed by atoms with E-state index >= 15 is 0 Å². The Hall–Kier alpha value is -2.31. The van der Waals surface area contributed by atoms with Crippen molar-refractivity contribution in [1.82, 2.24) is 14.8 Å². The molecular weight excluding hydrogens is 284 g/mol. The fraction of sp³-hybridized carbons (Fsp3) is 0.533. The molecule has 0 aromatic carbocycles. The van der Waals surface area contributed by atoms with Gasteiger partial charge in [-0.25, -0.2) is 9.78 Å². The van der Waals surface area contributed by atoms with Crippen LogP contribution in [0.1, 0.15) is 26.3 Å². The van der Waals surface area contributed by atoms with Gasteiger partial charge in [0, 0.05) is 25.8 Å². The number of carbonyl (C=O) groups is 2. The van der Waals surface area contributed by atoms with Crippen molar-refractivity contribution in [3.8, 4) is 0 Å². The quantitative estimate of drug-likeness (QED) is 0.888. The first-order valence-corrected chi connectivity index (χ1v) is 7.21. The summed E-state index contributed by atoms with van der Waals surface area (Å²) in [7, 11) is 0. The maximum atomic E-state index is 12.2. The zero-order valence-electron chi connectivity index (χ0n) is 13.2. The molecule has 1 aromatic heterocycles. The molecule has 0 radical (unpaired) electrons. The van der Waals surface area contributed by atoms with E-state index in [9.17, 15) is 9.59 Å². The highest BCUT2D eigenvalue weighted by Gasteiger charge is 2.30. The maximum absolute atomic E-state index is 12.2. The van der Waals surface area contributed by atoms with Gasteiger partial charge in [0.1, 0.15) is 18.0 Å². The van der Waals surface area contributed by atoms with E-state index in [0.29, 0.717) is 25.5 Å². The van der Waals surface area contributed by atoms with E-state index in [4.69, 9.17) is 10.5 Å². The SMILES string of the molecule is CC(C)(C)OC(=O)N1CCN(Cc2ccc(N)nc2)C(=O)C1. The fourth-order valence-electron chi connectivity index (χ4n) is 2.11. The van der Waals surface area contributed by atoms with E-state index < -0.39 is 11.7 Å². The average molecular weight is 306 g/mol. The van der Waals surface area contributed by atoms with Crippen molar-refractivity contribution in [3.63, 3.8) is 0 Å². The van der Waals surface area contributed by atoms with Crippen LogP contribution in [0, 0.1) is 0 Å². The second kappa shape index (κ2) is 6.21. The van der Waals surface area contributed by atoms with Gasteiger partial charge in [0.2, 0.25) is 5.91 Å². The number of nitrogens with two attached hydrogens (primary N) is 1. The van der Waals surface area contributed by atoms with Gasteiger partial charge < -0.3 is 15.4 Å². The Bertz CT molecular complexity index is 551. The monoisotopic (exact) mass is 306 g/mol. The van der Waals surface area contributed by atoms with Gasteiger partial charge in [-0.15, -0.1) is 0 Å². The lowest BCUT2D eigenvalue weighted by Crippen LogP contribution is -2.52. The van der Waals surface area contributed by atoms with Gasteiger partial charge in [0.05, 0.1) is 0 Å². The Morgan fingerprint density at radius 1 is 1.36 bits per heavy atom. The van der Waals surface area contributed by atoms with Gasteiger partial charge in [-0.2, -0.15) is 0 Å². The maximum Gasteiger partial charge on any atom is 0.410 e. The molecule has 1 saturated heterocycles. The Labute approximate surface area is 130 Å². The summed E-state index contributed by atoms with van der Waals surface area (Å²) in [5.41, 5.74) is 5.89. The summed E-state index contributed by atoms with van der Waals surface area (Å²) >= 11 is 0. The number of amides is 2. The second-order valence-electron chi connectivity index (χ2n) is 6.31. The van der Waals surface area contributed by atoms with Crippen LogP contribution in [0.2, 0.25) is 0 Å². The van der Waals surface area contributed by atoms with E-state index in [1.165, 1.54) is 4.90 Å². The highest BCUT2D eigenvalue weighted by molar-refractivity contribution is 5.83. The Kier molecular flexibility index (Phi) is 4.54. The normalized spacial score (nSPS) is 15.9. The number of anilines is 1. The number of hydrogen-bond acceptors (Lipinski definition) is 5. The first-order chi connectivity index (χ1) is 10.2. The van der Waals surface area contributed by atoms with E-state index in [1.54, 1.807) is 37.9 Å². The van der Waals surface area contributed by atoms with Crippen LogP contribution in [0.5, 0.6) is 0 Å². The van der Waals surface area contributed by atoms with Gasteiger partial charge in [-0.3, -0.25) is 9.69 Å². The number of nitrogens with zero attached hydrogens (tertiary/aromatic N) is 3. The third kappa shape index (κ3) is 4.34. The summed E-state index contributed by atoms with van der Waals surface area (Å²) in [5.74, 6) is 0.346. The molecule has 2 rings (SSSR count). The molecule has 1 aliphatic heterocycles. The van der Waals surface area contributed by atoms with Gasteiger partial charge in [0.15, 0.2) is 0 Å². The smallest absolute Gasteiger partial charge is 0.410 e. The van der Waals surface area contributed by atoms with Gasteiger partial charge in [-0.1, -0.05) is 6.07 Å². The van der Waals surface area contributed by atoms with Crippen LogP contribution < -0.4 is 5.73 Å². The lowest BCUT2D eigenvalue weighted by Gasteiger charge is -2.35. The fourth-order valence-corrected chi connectivity index (χ4v) is 2.11. The van der Waals surface area contributed by atoms with E-state index in [0.717, 1.165) is 5.56 Å². The summed E-state index contributed by atoms with van der Waals surface area (Å²) in [5, 5.41) is 0. The van der Waals surface area contributed by atoms with Crippen LogP contribution in [0.4, 0.5) is 10.6 Å². The molecule has 0 bridgehead atoms. The minimum atomic E-state index is -0.563. The van der Waals surface area contributed by atoms with Gasteiger partial charge >= 0.3 is 6.09 Å². The topological polar surface area (TPSA) is 88.8 Å². The summed E-state index contributed by atoms with van der Waals surface area (Å²) in [6, 6.07) is 3.55. The van der Waals surface area contributed by atoms with Crippen molar-refractivity contribution < 1.29 is 14.3 Å². The number of nitrogen functional groups attached to an aromatic ring is 1. The van der Waals surface area contributed by atoms with Crippen molar-refractivity contribution >= 4 is 17.8 Å². The zero-order valence-corrected chi connectivity index (χ0v) is 13.2. The molecule has 2 N–H and O–H groups in total. The molecule has 1 fully saturated rings. The number of piperazine rings is 1. The van der Waals surface area contributed by atoms with Crippen LogP contribution in [0.15, 0.2) is 18.3 Å². The highest BCUT2D eigenvalue weighted by atomic mass is 16.6. The summed E-state index contributed by atoms with van der Waals surface area (Å²) in [6.07, 6.45) is 1.21. The van der Waals surface area contributed by atoms with E-state index in [-0.39, 0.29) is 12.5 Å². The predicted octanol–water partition coefficient (Wildman–Crippen LogP) is 1.24. The molecule has 2 heterocycles. The molecule has 0 unspecified atom stereocenters. The molecule has 120 valence electrons. The summed E-state index contributed by atoms with van der Waals surface area (Å²) in [4.78, 5) is 31.3.